The molecule has 132 valence electrons. The van der Waals surface area contributed by atoms with Gasteiger partial charge >= 0.3 is 6.09 Å². The van der Waals surface area contributed by atoms with Gasteiger partial charge < -0.3 is 15.3 Å². The molecule has 25 heavy (non-hydrogen) atoms. The molecule has 1 atom stereocenters. The molecule has 1 saturated heterocycles. The van der Waals surface area contributed by atoms with Gasteiger partial charge in [0.15, 0.2) is 0 Å². The molecule has 2 aromatic rings. The highest BCUT2D eigenvalue weighted by atomic mass is 16.4. The topological polar surface area (TPSA) is 52.6 Å². The van der Waals surface area contributed by atoms with Gasteiger partial charge in [0.1, 0.15) is 0 Å². The second-order valence-electron chi connectivity index (χ2n) is 6.68. The maximum Gasteiger partial charge on any atom is 0.407 e. The highest BCUT2D eigenvalue weighted by Crippen LogP contribution is 2.23. The minimum atomic E-state index is -0.814. The van der Waals surface area contributed by atoms with Crippen molar-refractivity contribution in [2.24, 2.45) is 0 Å². The van der Waals surface area contributed by atoms with E-state index < -0.39 is 6.09 Å². The third kappa shape index (κ3) is 4.32. The first-order valence-corrected chi connectivity index (χ1v) is 9.10. The Balaban J connectivity index is 1.59. The van der Waals surface area contributed by atoms with Gasteiger partial charge in [-0.15, -0.1) is 0 Å². The van der Waals surface area contributed by atoms with Gasteiger partial charge in [-0.05, 0) is 48.1 Å². The highest BCUT2D eigenvalue weighted by molar-refractivity contribution is 5.67. The van der Waals surface area contributed by atoms with Crippen LogP contribution in [-0.4, -0.2) is 35.2 Å². The fraction of sp³-hybridized carbons (Fsp3) is 0.381. The standard InChI is InChI=1S/C21H26N2O2/c1-2-4-16-6-8-17(9-7-16)18-10-12-19(13-11-18)22-15-20-5-3-14-23(20)21(24)25/h6-13,20,22H,2-5,14-15H2,1H3,(H,24,25)/t20-/m0/s1. The van der Waals surface area contributed by atoms with E-state index in [4.69, 9.17) is 0 Å². The number of hydrogen-bond donors (Lipinski definition) is 2. The van der Waals surface area contributed by atoms with E-state index in [-0.39, 0.29) is 6.04 Å². The van der Waals surface area contributed by atoms with Crippen molar-refractivity contribution >= 4 is 11.8 Å². The van der Waals surface area contributed by atoms with Crippen LogP contribution in [0.2, 0.25) is 0 Å². The van der Waals surface area contributed by atoms with Crippen molar-refractivity contribution in [1.29, 1.82) is 0 Å². The summed E-state index contributed by atoms with van der Waals surface area (Å²) in [7, 11) is 0. The van der Waals surface area contributed by atoms with E-state index >= 15 is 0 Å². The molecule has 1 aliphatic rings. The molecule has 3 rings (SSSR count). The van der Waals surface area contributed by atoms with Crippen LogP contribution in [0.25, 0.3) is 11.1 Å². The van der Waals surface area contributed by atoms with Gasteiger partial charge in [0.25, 0.3) is 0 Å². The quantitative estimate of drug-likeness (QED) is 0.791. The number of benzene rings is 2. The lowest BCUT2D eigenvalue weighted by Gasteiger charge is -2.22. The molecule has 0 radical (unpaired) electrons. The second-order valence-corrected chi connectivity index (χ2v) is 6.68. The number of nitrogens with zero attached hydrogens (tertiary/aromatic N) is 1. The summed E-state index contributed by atoms with van der Waals surface area (Å²) in [4.78, 5) is 12.7. The molecule has 2 aromatic carbocycles. The second kappa shape index (κ2) is 8.06. The minimum absolute atomic E-state index is 0.0725. The summed E-state index contributed by atoms with van der Waals surface area (Å²) >= 11 is 0. The average molecular weight is 338 g/mol. The number of amides is 1. The number of hydrogen-bond acceptors (Lipinski definition) is 2. The summed E-state index contributed by atoms with van der Waals surface area (Å²) in [6.45, 7) is 3.51. The zero-order chi connectivity index (χ0) is 17.6. The molecular formula is C21H26N2O2. The number of carbonyl (C=O) groups is 1. The maximum atomic E-state index is 11.2. The van der Waals surface area contributed by atoms with E-state index in [9.17, 15) is 9.90 Å². The molecule has 0 spiro atoms. The number of rotatable bonds is 6. The Morgan fingerprint density at radius 3 is 2.36 bits per heavy atom. The van der Waals surface area contributed by atoms with Crippen LogP contribution in [-0.2, 0) is 6.42 Å². The van der Waals surface area contributed by atoms with E-state index in [0.29, 0.717) is 13.1 Å². The summed E-state index contributed by atoms with van der Waals surface area (Å²) in [5.41, 5.74) is 4.83. The van der Waals surface area contributed by atoms with Crippen molar-refractivity contribution in [2.45, 2.75) is 38.6 Å². The Morgan fingerprint density at radius 1 is 1.12 bits per heavy atom. The highest BCUT2D eigenvalue weighted by Gasteiger charge is 2.27. The van der Waals surface area contributed by atoms with Crippen molar-refractivity contribution in [3.05, 3.63) is 54.1 Å². The Labute approximate surface area is 149 Å². The van der Waals surface area contributed by atoms with Gasteiger partial charge in [0.05, 0.1) is 6.04 Å². The molecule has 4 nitrogen and oxygen atoms in total. The number of likely N-dealkylation sites (tertiary alicyclic amines) is 1. The molecule has 1 aliphatic heterocycles. The van der Waals surface area contributed by atoms with Crippen LogP contribution in [0.1, 0.15) is 31.7 Å². The number of aryl methyl sites for hydroxylation is 1. The normalized spacial score (nSPS) is 16.8. The van der Waals surface area contributed by atoms with Gasteiger partial charge in [-0.3, -0.25) is 0 Å². The van der Waals surface area contributed by atoms with Crippen LogP contribution >= 0.6 is 0 Å². The van der Waals surface area contributed by atoms with Crippen LogP contribution in [0.15, 0.2) is 48.5 Å². The molecule has 1 fully saturated rings. The van der Waals surface area contributed by atoms with Crippen molar-refractivity contribution in [3.8, 4) is 11.1 Å². The number of anilines is 1. The molecule has 2 N–H and O–H groups in total. The first-order valence-electron chi connectivity index (χ1n) is 9.10. The van der Waals surface area contributed by atoms with Crippen molar-refractivity contribution in [3.63, 3.8) is 0 Å². The fourth-order valence-corrected chi connectivity index (χ4v) is 3.47. The van der Waals surface area contributed by atoms with Crippen LogP contribution in [0, 0.1) is 0 Å². The lowest BCUT2D eigenvalue weighted by atomic mass is 10.0. The zero-order valence-corrected chi connectivity index (χ0v) is 14.7. The summed E-state index contributed by atoms with van der Waals surface area (Å²) < 4.78 is 0. The van der Waals surface area contributed by atoms with Crippen molar-refractivity contribution < 1.29 is 9.90 Å². The predicted octanol–water partition coefficient (Wildman–Crippen LogP) is 4.86. The summed E-state index contributed by atoms with van der Waals surface area (Å²) in [5, 5.41) is 12.6. The molecule has 0 aliphatic carbocycles. The smallest absolute Gasteiger partial charge is 0.407 e. The Kier molecular flexibility index (Phi) is 5.59. The summed E-state index contributed by atoms with van der Waals surface area (Å²) in [5.74, 6) is 0. The summed E-state index contributed by atoms with van der Waals surface area (Å²) in [6.07, 6.45) is 3.36. The molecule has 4 heteroatoms. The van der Waals surface area contributed by atoms with Gasteiger partial charge in [0.2, 0.25) is 0 Å². The average Bonchev–Trinajstić information content (AvgIpc) is 3.10. The Morgan fingerprint density at radius 2 is 1.76 bits per heavy atom. The van der Waals surface area contributed by atoms with Crippen LogP contribution in [0.4, 0.5) is 10.5 Å². The minimum Gasteiger partial charge on any atom is -0.465 e. The van der Waals surface area contributed by atoms with Gasteiger partial charge in [-0.1, -0.05) is 49.7 Å². The van der Waals surface area contributed by atoms with E-state index in [0.717, 1.165) is 24.9 Å². The molecular weight excluding hydrogens is 312 g/mol. The zero-order valence-electron chi connectivity index (χ0n) is 14.7. The molecule has 0 unspecified atom stereocenters. The third-order valence-corrected chi connectivity index (χ3v) is 4.88. The lowest BCUT2D eigenvalue weighted by molar-refractivity contribution is 0.142. The lowest BCUT2D eigenvalue weighted by Crippen LogP contribution is -2.38. The van der Waals surface area contributed by atoms with Gasteiger partial charge in [-0.2, -0.15) is 0 Å². The van der Waals surface area contributed by atoms with E-state index in [1.54, 1.807) is 4.90 Å². The fourth-order valence-electron chi connectivity index (χ4n) is 3.47. The monoisotopic (exact) mass is 338 g/mol. The molecule has 0 saturated carbocycles. The maximum absolute atomic E-state index is 11.2. The Hall–Kier alpha value is -2.49. The molecule has 0 bridgehead atoms. The first-order chi connectivity index (χ1) is 12.2. The van der Waals surface area contributed by atoms with Gasteiger partial charge in [-0.25, -0.2) is 4.79 Å². The van der Waals surface area contributed by atoms with Crippen LogP contribution in [0.3, 0.4) is 0 Å². The summed E-state index contributed by atoms with van der Waals surface area (Å²) in [6, 6.07) is 17.2. The first kappa shape index (κ1) is 17.3. The largest absolute Gasteiger partial charge is 0.465 e. The molecule has 0 aromatic heterocycles. The molecule has 1 amide bonds. The van der Waals surface area contributed by atoms with Crippen LogP contribution < -0.4 is 5.32 Å². The SMILES string of the molecule is CCCc1ccc(-c2ccc(NC[C@@H]3CCCN3C(=O)O)cc2)cc1. The van der Waals surface area contributed by atoms with Gasteiger partial charge in [0, 0.05) is 18.8 Å². The van der Waals surface area contributed by atoms with E-state index in [1.165, 1.54) is 23.1 Å². The predicted molar refractivity (Wildman–Crippen MR) is 102 cm³/mol. The van der Waals surface area contributed by atoms with E-state index in [2.05, 4.69) is 60.8 Å². The molecule has 1 heterocycles. The van der Waals surface area contributed by atoms with Crippen LogP contribution in [0.5, 0.6) is 0 Å². The number of carboxylic acid groups (broad SMARTS) is 1. The van der Waals surface area contributed by atoms with E-state index in [1.807, 2.05) is 0 Å². The Bertz CT molecular complexity index is 695. The van der Waals surface area contributed by atoms with Crippen molar-refractivity contribution in [2.75, 3.05) is 18.4 Å². The number of nitrogens with one attached hydrogen (secondary N) is 1. The van der Waals surface area contributed by atoms with Crippen molar-refractivity contribution in [1.82, 2.24) is 4.90 Å². The third-order valence-electron chi connectivity index (χ3n) is 4.88.